The molecule has 5 nitrogen and oxygen atoms in total. The Bertz CT molecular complexity index is 425. The average molecular weight is 250 g/mol. The standard InChI is InChI=1S/C13H22N4O/c1-2-9-17-10-8-16-12(13(17)18)15-7-3-6-14-11-4-5-11/h8,10-11,14H,2-7,9H2,1H3,(H,15,16). The molecule has 1 aromatic rings. The van der Waals surface area contributed by atoms with Gasteiger partial charge in [-0.2, -0.15) is 0 Å². The predicted molar refractivity (Wildman–Crippen MR) is 72.9 cm³/mol. The highest BCUT2D eigenvalue weighted by atomic mass is 16.1. The summed E-state index contributed by atoms with van der Waals surface area (Å²) in [5.41, 5.74) is -0.0190. The molecule has 2 rings (SSSR count). The summed E-state index contributed by atoms with van der Waals surface area (Å²) < 4.78 is 1.71. The molecule has 0 unspecified atom stereocenters. The van der Waals surface area contributed by atoms with E-state index >= 15 is 0 Å². The van der Waals surface area contributed by atoms with Crippen LogP contribution in [0.3, 0.4) is 0 Å². The molecule has 1 aliphatic carbocycles. The fourth-order valence-corrected chi connectivity index (χ4v) is 1.87. The van der Waals surface area contributed by atoms with Crippen molar-refractivity contribution in [1.82, 2.24) is 14.9 Å². The number of hydrogen-bond acceptors (Lipinski definition) is 4. The van der Waals surface area contributed by atoms with Crippen LogP contribution in [0, 0.1) is 0 Å². The van der Waals surface area contributed by atoms with Crippen LogP contribution in [0.15, 0.2) is 17.2 Å². The average Bonchev–Trinajstić information content (AvgIpc) is 3.17. The van der Waals surface area contributed by atoms with Gasteiger partial charge in [0.05, 0.1) is 0 Å². The zero-order valence-electron chi connectivity index (χ0n) is 11.0. The van der Waals surface area contributed by atoms with E-state index in [9.17, 15) is 4.79 Å². The second kappa shape index (κ2) is 6.54. The van der Waals surface area contributed by atoms with E-state index in [0.29, 0.717) is 5.82 Å². The summed E-state index contributed by atoms with van der Waals surface area (Å²) in [6, 6.07) is 0.752. The molecule has 0 aliphatic heterocycles. The molecule has 100 valence electrons. The Morgan fingerprint density at radius 1 is 1.44 bits per heavy atom. The third kappa shape index (κ3) is 3.84. The molecule has 0 atom stereocenters. The number of hydrogen-bond donors (Lipinski definition) is 2. The monoisotopic (exact) mass is 250 g/mol. The van der Waals surface area contributed by atoms with Crippen molar-refractivity contribution in [2.45, 2.75) is 45.2 Å². The van der Waals surface area contributed by atoms with Crippen molar-refractivity contribution in [3.8, 4) is 0 Å². The molecule has 0 spiro atoms. The summed E-state index contributed by atoms with van der Waals surface area (Å²) in [7, 11) is 0. The molecule has 5 heteroatoms. The Kier molecular flexibility index (Phi) is 4.75. The summed E-state index contributed by atoms with van der Waals surface area (Å²) in [5.74, 6) is 0.470. The van der Waals surface area contributed by atoms with E-state index in [1.807, 2.05) is 0 Å². The van der Waals surface area contributed by atoms with E-state index in [-0.39, 0.29) is 5.56 Å². The number of rotatable bonds is 8. The second-order valence-electron chi connectivity index (χ2n) is 4.78. The van der Waals surface area contributed by atoms with Gasteiger partial charge < -0.3 is 15.2 Å². The van der Waals surface area contributed by atoms with Gasteiger partial charge in [0.25, 0.3) is 5.56 Å². The SMILES string of the molecule is CCCn1ccnc(NCCCNC2CC2)c1=O. The van der Waals surface area contributed by atoms with Crippen LogP contribution in [0.25, 0.3) is 0 Å². The van der Waals surface area contributed by atoms with Crippen LogP contribution in [-0.4, -0.2) is 28.7 Å². The lowest BCUT2D eigenvalue weighted by Gasteiger charge is -2.08. The first kappa shape index (κ1) is 13.1. The maximum absolute atomic E-state index is 12.0. The van der Waals surface area contributed by atoms with E-state index in [1.54, 1.807) is 17.0 Å². The number of aryl methyl sites for hydroxylation is 1. The lowest BCUT2D eigenvalue weighted by Crippen LogP contribution is -2.26. The van der Waals surface area contributed by atoms with Crippen LogP contribution >= 0.6 is 0 Å². The molecular formula is C13H22N4O. The van der Waals surface area contributed by atoms with Gasteiger partial charge in [-0.05, 0) is 32.2 Å². The Balaban J connectivity index is 1.76. The third-order valence-electron chi connectivity index (χ3n) is 3.03. The van der Waals surface area contributed by atoms with E-state index < -0.39 is 0 Å². The van der Waals surface area contributed by atoms with Crippen LogP contribution in [0.5, 0.6) is 0 Å². The van der Waals surface area contributed by atoms with Crippen molar-refractivity contribution < 1.29 is 0 Å². The van der Waals surface area contributed by atoms with Crippen molar-refractivity contribution in [3.63, 3.8) is 0 Å². The van der Waals surface area contributed by atoms with Gasteiger partial charge in [0, 0.05) is 31.5 Å². The fourth-order valence-electron chi connectivity index (χ4n) is 1.87. The van der Waals surface area contributed by atoms with Crippen molar-refractivity contribution in [3.05, 3.63) is 22.7 Å². The van der Waals surface area contributed by atoms with Gasteiger partial charge >= 0.3 is 0 Å². The van der Waals surface area contributed by atoms with Crippen molar-refractivity contribution in [2.75, 3.05) is 18.4 Å². The van der Waals surface area contributed by atoms with Gasteiger partial charge in [0.2, 0.25) is 0 Å². The van der Waals surface area contributed by atoms with Gasteiger partial charge in [-0.15, -0.1) is 0 Å². The van der Waals surface area contributed by atoms with Crippen LogP contribution in [0.1, 0.15) is 32.6 Å². The summed E-state index contributed by atoms with van der Waals surface area (Å²) in [6.45, 7) is 4.61. The van der Waals surface area contributed by atoms with E-state index in [1.165, 1.54) is 12.8 Å². The number of nitrogens with one attached hydrogen (secondary N) is 2. The first-order chi connectivity index (χ1) is 8.81. The molecule has 1 aliphatic rings. The molecule has 1 heterocycles. The largest absolute Gasteiger partial charge is 0.365 e. The molecule has 1 fully saturated rings. The molecule has 0 aromatic carbocycles. The predicted octanol–water partition coefficient (Wildman–Crippen LogP) is 1.21. The fraction of sp³-hybridized carbons (Fsp3) is 0.692. The highest BCUT2D eigenvalue weighted by Gasteiger charge is 2.19. The first-order valence-corrected chi connectivity index (χ1v) is 6.84. The highest BCUT2D eigenvalue weighted by molar-refractivity contribution is 5.30. The van der Waals surface area contributed by atoms with Gasteiger partial charge in [-0.25, -0.2) is 4.98 Å². The normalized spacial score (nSPS) is 14.7. The molecular weight excluding hydrogens is 228 g/mol. The Hall–Kier alpha value is -1.36. The van der Waals surface area contributed by atoms with E-state index in [4.69, 9.17) is 0 Å². The zero-order chi connectivity index (χ0) is 12.8. The number of aromatic nitrogens is 2. The van der Waals surface area contributed by atoms with Gasteiger partial charge in [-0.3, -0.25) is 4.79 Å². The molecule has 0 bridgehead atoms. The summed E-state index contributed by atoms with van der Waals surface area (Å²) in [5, 5.41) is 6.57. The lowest BCUT2D eigenvalue weighted by atomic mass is 10.4. The zero-order valence-corrected chi connectivity index (χ0v) is 11.0. The highest BCUT2D eigenvalue weighted by Crippen LogP contribution is 2.18. The molecule has 0 saturated heterocycles. The maximum atomic E-state index is 12.0. The molecule has 2 N–H and O–H groups in total. The topological polar surface area (TPSA) is 59.0 Å². The molecule has 0 amide bonds. The van der Waals surface area contributed by atoms with E-state index in [2.05, 4.69) is 22.5 Å². The smallest absolute Gasteiger partial charge is 0.293 e. The van der Waals surface area contributed by atoms with Crippen LogP contribution < -0.4 is 16.2 Å². The van der Waals surface area contributed by atoms with Gasteiger partial charge in [0.1, 0.15) is 0 Å². The van der Waals surface area contributed by atoms with Crippen LogP contribution in [0.4, 0.5) is 5.82 Å². The van der Waals surface area contributed by atoms with Gasteiger partial charge in [0.15, 0.2) is 5.82 Å². The summed E-state index contributed by atoms with van der Waals surface area (Å²) in [6.07, 6.45) is 8.02. The minimum Gasteiger partial charge on any atom is -0.365 e. The maximum Gasteiger partial charge on any atom is 0.293 e. The summed E-state index contributed by atoms with van der Waals surface area (Å²) in [4.78, 5) is 16.1. The number of anilines is 1. The quantitative estimate of drug-likeness (QED) is 0.681. The van der Waals surface area contributed by atoms with Gasteiger partial charge in [-0.1, -0.05) is 6.92 Å². The molecule has 0 radical (unpaired) electrons. The van der Waals surface area contributed by atoms with Crippen LogP contribution in [0.2, 0.25) is 0 Å². The van der Waals surface area contributed by atoms with Crippen molar-refractivity contribution >= 4 is 5.82 Å². The molecule has 1 aromatic heterocycles. The Morgan fingerprint density at radius 2 is 2.28 bits per heavy atom. The third-order valence-corrected chi connectivity index (χ3v) is 3.03. The van der Waals surface area contributed by atoms with Crippen LogP contribution in [-0.2, 0) is 6.54 Å². The molecule has 1 saturated carbocycles. The van der Waals surface area contributed by atoms with Crippen molar-refractivity contribution in [2.24, 2.45) is 0 Å². The lowest BCUT2D eigenvalue weighted by molar-refractivity contribution is 0.644. The Morgan fingerprint density at radius 3 is 3.00 bits per heavy atom. The van der Waals surface area contributed by atoms with E-state index in [0.717, 1.165) is 38.5 Å². The van der Waals surface area contributed by atoms with Crippen molar-refractivity contribution in [1.29, 1.82) is 0 Å². The minimum atomic E-state index is -0.0190. The molecule has 18 heavy (non-hydrogen) atoms. The summed E-state index contributed by atoms with van der Waals surface area (Å²) >= 11 is 0. The second-order valence-corrected chi connectivity index (χ2v) is 4.78. The Labute approximate surface area is 108 Å². The number of nitrogens with zero attached hydrogens (tertiary/aromatic N) is 2. The first-order valence-electron chi connectivity index (χ1n) is 6.84. The minimum absolute atomic E-state index is 0.0190.